The molecule has 0 saturated heterocycles. The molecule has 0 aliphatic carbocycles. The monoisotopic (exact) mass is 228 g/mol. The molecule has 0 aliphatic rings. The van der Waals surface area contributed by atoms with Gasteiger partial charge in [0.25, 0.3) is 0 Å². The van der Waals surface area contributed by atoms with Crippen LogP contribution in [0.15, 0.2) is 24.3 Å². The van der Waals surface area contributed by atoms with E-state index in [0.29, 0.717) is 0 Å². The van der Waals surface area contributed by atoms with Gasteiger partial charge >= 0.3 is 0 Å². The fraction of sp³-hybridized carbons (Fsp3) is 0.455. The summed E-state index contributed by atoms with van der Waals surface area (Å²) in [5.74, 6) is 0.760. The number of aryl methyl sites for hydroxylation is 1. The van der Waals surface area contributed by atoms with Gasteiger partial charge in [-0.05, 0) is 32.4 Å². The van der Waals surface area contributed by atoms with Crippen molar-refractivity contribution in [3.8, 4) is 5.75 Å². The van der Waals surface area contributed by atoms with Gasteiger partial charge < -0.3 is 9.29 Å². The van der Waals surface area contributed by atoms with Crippen LogP contribution in [0.25, 0.3) is 0 Å². The molecule has 0 fully saturated rings. The second-order valence-electron chi connectivity index (χ2n) is 4.06. The van der Waals surface area contributed by atoms with Crippen molar-refractivity contribution in [3.63, 3.8) is 0 Å². The zero-order valence-electron chi connectivity index (χ0n) is 9.19. The van der Waals surface area contributed by atoms with Crippen LogP contribution >= 0.6 is 0 Å². The van der Waals surface area contributed by atoms with Gasteiger partial charge in [-0.15, -0.1) is 0 Å². The van der Waals surface area contributed by atoms with E-state index in [0.717, 1.165) is 11.3 Å². The van der Waals surface area contributed by atoms with Gasteiger partial charge in [-0.1, -0.05) is 18.2 Å². The van der Waals surface area contributed by atoms with E-state index in [4.69, 9.17) is 9.29 Å². The summed E-state index contributed by atoms with van der Waals surface area (Å²) in [7, 11) is 0. The Morgan fingerprint density at radius 2 is 2.00 bits per heavy atom. The maximum atomic E-state index is 11.0. The van der Waals surface area contributed by atoms with Crippen molar-refractivity contribution in [1.29, 1.82) is 0 Å². The maximum absolute atomic E-state index is 11.0. The third-order valence-corrected chi connectivity index (χ3v) is 3.20. The van der Waals surface area contributed by atoms with E-state index >= 15 is 0 Å². The molecule has 84 valence electrons. The summed E-state index contributed by atoms with van der Waals surface area (Å²) >= 11 is -1.88. The van der Waals surface area contributed by atoms with E-state index in [1.165, 1.54) is 0 Å². The third-order valence-electron chi connectivity index (χ3n) is 2.14. The summed E-state index contributed by atoms with van der Waals surface area (Å²) in [5, 5.41) is 0. The second kappa shape index (κ2) is 4.77. The van der Waals surface area contributed by atoms with Gasteiger partial charge in [0.15, 0.2) is 11.1 Å². The molecule has 0 saturated carbocycles. The lowest BCUT2D eigenvalue weighted by Gasteiger charge is -2.20. The number of hydrogen-bond acceptors (Lipinski definition) is 2. The van der Waals surface area contributed by atoms with Gasteiger partial charge in [0.05, 0.1) is 4.75 Å². The number of para-hydroxylation sites is 1. The first-order chi connectivity index (χ1) is 6.93. The summed E-state index contributed by atoms with van der Waals surface area (Å²) in [6.07, 6.45) is 0. The first kappa shape index (κ1) is 12.2. The van der Waals surface area contributed by atoms with Crippen LogP contribution in [0.3, 0.4) is 0 Å². The number of rotatable bonds is 4. The lowest BCUT2D eigenvalue weighted by atomic mass is 10.2. The predicted octanol–water partition coefficient (Wildman–Crippen LogP) is 2.37. The molecule has 1 N–H and O–H groups in total. The molecule has 0 heterocycles. The zero-order chi connectivity index (χ0) is 11.5. The SMILES string of the molecule is Cc1ccccc1OCC(C)(C)S(=O)O. The normalized spacial score (nSPS) is 13.6. The van der Waals surface area contributed by atoms with Crippen LogP contribution in [0, 0.1) is 6.92 Å². The topological polar surface area (TPSA) is 46.5 Å². The molecule has 0 amide bonds. The Hall–Kier alpha value is -0.870. The van der Waals surface area contributed by atoms with Crippen molar-refractivity contribution in [3.05, 3.63) is 29.8 Å². The summed E-state index contributed by atoms with van der Waals surface area (Å²) in [4.78, 5) is 0. The average Bonchev–Trinajstić information content (AvgIpc) is 2.16. The fourth-order valence-corrected chi connectivity index (χ4v) is 1.18. The number of benzene rings is 1. The van der Waals surface area contributed by atoms with Gasteiger partial charge in [0, 0.05) is 0 Å². The first-order valence-corrected chi connectivity index (χ1v) is 5.83. The molecule has 3 nitrogen and oxygen atoms in total. The highest BCUT2D eigenvalue weighted by atomic mass is 32.2. The molecular formula is C11H16O3S. The van der Waals surface area contributed by atoms with E-state index < -0.39 is 15.8 Å². The van der Waals surface area contributed by atoms with Crippen molar-refractivity contribution in [2.45, 2.75) is 25.5 Å². The number of hydrogen-bond donors (Lipinski definition) is 1. The largest absolute Gasteiger partial charge is 0.492 e. The van der Waals surface area contributed by atoms with E-state index in [1.54, 1.807) is 13.8 Å². The third kappa shape index (κ3) is 3.32. The smallest absolute Gasteiger partial charge is 0.162 e. The average molecular weight is 228 g/mol. The summed E-state index contributed by atoms with van der Waals surface area (Å²) in [6.45, 7) is 5.56. The van der Waals surface area contributed by atoms with Gasteiger partial charge in [-0.2, -0.15) is 0 Å². The van der Waals surface area contributed by atoms with Crippen molar-refractivity contribution >= 4 is 11.1 Å². The molecule has 1 aromatic carbocycles. The van der Waals surface area contributed by atoms with E-state index in [1.807, 2.05) is 31.2 Å². The molecule has 1 unspecified atom stereocenters. The molecule has 15 heavy (non-hydrogen) atoms. The minimum absolute atomic E-state index is 0.223. The second-order valence-corrected chi connectivity index (χ2v) is 5.67. The summed E-state index contributed by atoms with van der Waals surface area (Å²) in [5.41, 5.74) is 1.03. The highest BCUT2D eigenvalue weighted by Crippen LogP contribution is 2.19. The Morgan fingerprint density at radius 3 is 2.53 bits per heavy atom. The zero-order valence-corrected chi connectivity index (χ0v) is 10.0. The van der Waals surface area contributed by atoms with Crippen molar-refractivity contribution in [2.75, 3.05) is 6.61 Å². The minimum atomic E-state index is -1.88. The Labute approximate surface area is 92.7 Å². The first-order valence-electron chi connectivity index (χ1n) is 4.73. The maximum Gasteiger partial charge on any atom is 0.162 e. The van der Waals surface area contributed by atoms with Crippen LogP contribution < -0.4 is 4.74 Å². The van der Waals surface area contributed by atoms with Gasteiger partial charge in [0.1, 0.15) is 12.4 Å². The van der Waals surface area contributed by atoms with Crippen molar-refractivity contribution < 1.29 is 13.5 Å². The van der Waals surface area contributed by atoms with Crippen LogP contribution in [0.4, 0.5) is 0 Å². The van der Waals surface area contributed by atoms with Gasteiger partial charge in [-0.3, -0.25) is 0 Å². The number of ether oxygens (including phenoxy) is 1. The summed E-state index contributed by atoms with van der Waals surface area (Å²) < 4.78 is 24.7. The van der Waals surface area contributed by atoms with E-state index in [-0.39, 0.29) is 6.61 Å². The van der Waals surface area contributed by atoms with Gasteiger partial charge in [0.2, 0.25) is 0 Å². The lowest BCUT2D eigenvalue weighted by Crippen LogP contribution is -2.33. The van der Waals surface area contributed by atoms with Crippen LogP contribution in [0.2, 0.25) is 0 Å². The van der Waals surface area contributed by atoms with Crippen molar-refractivity contribution in [2.24, 2.45) is 0 Å². The van der Waals surface area contributed by atoms with Crippen LogP contribution in [0.5, 0.6) is 5.75 Å². The molecular weight excluding hydrogens is 212 g/mol. The van der Waals surface area contributed by atoms with Crippen LogP contribution in [-0.2, 0) is 11.1 Å². The van der Waals surface area contributed by atoms with Crippen LogP contribution in [-0.4, -0.2) is 20.1 Å². The Bertz CT molecular complexity index is 361. The Kier molecular flexibility index (Phi) is 3.88. The minimum Gasteiger partial charge on any atom is -0.492 e. The Morgan fingerprint density at radius 1 is 1.40 bits per heavy atom. The predicted molar refractivity (Wildman–Crippen MR) is 61.5 cm³/mol. The molecule has 0 spiro atoms. The van der Waals surface area contributed by atoms with Crippen LogP contribution in [0.1, 0.15) is 19.4 Å². The Balaban J connectivity index is 2.66. The summed E-state index contributed by atoms with van der Waals surface area (Å²) in [6, 6.07) is 7.60. The van der Waals surface area contributed by atoms with E-state index in [9.17, 15) is 4.21 Å². The fourth-order valence-electron chi connectivity index (χ4n) is 1.02. The molecule has 1 atom stereocenters. The standard InChI is InChI=1S/C11H16O3S/c1-9-6-4-5-7-10(9)14-8-11(2,3)15(12)13/h4-7H,8H2,1-3H3,(H,12,13). The molecule has 0 bridgehead atoms. The van der Waals surface area contributed by atoms with E-state index in [2.05, 4.69) is 0 Å². The molecule has 1 aromatic rings. The van der Waals surface area contributed by atoms with Gasteiger partial charge in [-0.25, -0.2) is 4.21 Å². The quantitative estimate of drug-likeness (QED) is 0.805. The molecule has 0 aromatic heterocycles. The molecule has 0 radical (unpaired) electrons. The van der Waals surface area contributed by atoms with Crippen molar-refractivity contribution in [1.82, 2.24) is 0 Å². The highest BCUT2D eigenvalue weighted by molar-refractivity contribution is 7.80. The highest BCUT2D eigenvalue weighted by Gasteiger charge is 2.26. The molecule has 4 heteroatoms. The molecule has 0 aliphatic heterocycles. The lowest BCUT2D eigenvalue weighted by molar-refractivity contribution is 0.277. The molecule has 1 rings (SSSR count).